The fraction of sp³-hybridized carbons (Fsp3) is 0.800. The molecule has 1 heterocycles. The van der Waals surface area contributed by atoms with Gasteiger partial charge in [0.1, 0.15) is 6.26 Å². The average molecular weight is 169 g/mol. The summed E-state index contributed by atoms with van der Waals surface area (Å²) in [5.74, 6) is 0.548. The Morgan fingerprint density at radius 2 is 2.00 bits per heavy atom. The molecule has 0 radical (unpaired) electrons. The van der Waals surface area contributed by atoms with Crippen molar-refractivity contribution in [2.75, 3.05) is 6.73 Å². The van der Waals surface area contributed by atoms with E-state index < -0.39 is 0 Å². The first-order valence-corrected chi connectivity index (χ1v) is 4.52. The van der Waals surface area contributed by atoms with Crippen LogP contribution in [0.1, 0.15) is 34.6 Å². The molecule has 70 valence electrons. The normalized spacial score (nSPS) is 18.2. The second kappa shape index (κ2) is 3.00. The van der Waals surface area contributed by atoms with Crippen LogP contribution in [0.15, 0.2) is 12.0 Å². The fourth-order valence-electron chi connectivity index (χ4n) is 1.36. The van der Waals surface area contributed by atoms with Crippen molar-refractivity contribution in [1.82, 2.24) is 4.90 Å². The van der Waals surface area contributed by atoms with E-state index in [9.17, 15) is 0 Å². The topological polar surface area (TPSA) is 12.5 Å². The molecule has 0 bridgehead atoms. The third-order valence-electron chi connectivity index (χ3n) is 2.12. The van der Waals surface area contributed by atoms with E-state index in [4.69, 9.17) is 4.74 Å². The van der Waals surface area contributed by atoms with Gasteiger partial charge < -0.3 is 9.64 Å². The lowest BCUT2D eigenvalue weighted by molar-refractivity contribution is 0.0892. The van der Waals surface area contributed by atoms with Crippen molar-refractivity contribution in [3.8, 4) is 0 Å². The number of ether oxygens (including phenoxy) is 1. The van der Waals surface area contributed by atoms with Crippen molar-refractivity contribution in [3.63, 3.8) is 0 Å². The van der Waals surface area contributed by atoms with Gasteiger partial charge in [-0.05, 0) is 26.7 Å². The molecule has 1 rings (SSSR count). The van der Waals surface area contributed by atoms with E-state index in [1.54, 1.807) is 0 Å². The van der Waals surface area contributed by atoms with E-state index in [-0.39, 0.29) is 5.54 Å². The number of hydrogen-bond donors (Lipinski definition) is 0. The minimum absolute atomic E-state index is 0.173. The molecule has 2 heteroatoms. The maximum absolute atomic E-state index is 5.32. The summed E-state index contributed by atoms with van der Waals surface area (Å²) in [7, 11) is 0. The van der Waals surface area contributed by atoms with Gasteiger partial charge in [0.05, 0.1) is 5.70 Å². The predicted octanol–water partition coefficient (Wildman–Crippen LogP) is 2.57. The minimum atomic E-state index is 0.173. The van der Waals surface area contributed by atoms with E-state index in [1.807, 2.05) is 6.26 Å². The first-order chi connectivity index (χ1) is 5.43. The van der Waals surface area contributed by atoms with Gasteiger partial charge in [-0.3, -0.25) is 0 Å². The molecule has 12 heavy (non-hydrogen) atoms. The zero-order valence-electron chi connectivity index (χ0n) is 8.72. The maximum atomic E-state index is 5.32. The fourth-order valence-corrected chi connectivity index (χ4v) is 1.36. The highest BCUT2D eigenvalue weighted by Gasteiger charge is 2.28. The average Bonchev–Trinajstić information content (AvgIpc) is 2.30. The Morgan fingerprint density at radius 1 is 1.42 bits per heavy atom. The molecule has 1 aliphatic rings. The van der Waals surface area contributed by atoms with E-state index in [0.717, 1.165) is 0 Å². The molecule has 0 spiro atoms. The van der Waals surface area contributed by atoms with Crippen LogP contribution in [0.3, 0.4) is 0 Å². The summed E-state index contributed by atoms with van der Waals surface area (Å²) in [6, 6.07) is 0. The Morgan fingerprint density at radius 3 is 2.33 bits per heavy atom. The Bertz CT molecular complexity index is 189. The van der Waals surface area contributed by atoms with Gasteiger partial charge >= 0.3 is 0 Å². The van der Waals surface area contributed by atoms with Crippen molar-refractivity contribution in [1.29, 1.82) is 0 Å². The SMILES string of the molecule is CC(C)C1=COCN1C(C)(C)C. The number of allylic oxidation sites excluding steroid dienone is 1. The first kappa shape index (κ1) is 9.43. The summed E-state index contributed by atoms with van der Waals surface area (Å²) in [4.78, 5) is 2.30. The summed E-state index contributed by atoms with van der Waals surface area (Å²) in [6.07, 6.45) is 1.88. The van der Waals surface area contributed by atoms with Crippen LogP contribution < -0.4 is 0 Å². The van der Waals surface area contributed by atoms with Gasteiger partial charge in [0, 0.05) is 5.54 Å². The van der Waals surface area contributed by atoms with Crippen LogP contribution in [-0.2, 0) is 4.74 Å². The molecule has 0 aliphatic carbocycles. The van der Waals surface area contributed by atoms with E-state index >= 15 is 0 Å². The Labute approximate surface area is 75.2 Å². The molecule has 2 nitrogen and oxygen atoms in total. The van der Waals surface area contributed by atoms with Gasteiger partial charge in [0.25, 0.3) is 0 Å². The monoisotopic (exact) mass is 169 g/mol. The van der Waals surface area contributed by atoms with Crippen LogP contribution in [-0.4, -0.2) is 17.2 Å². The summed E-state index contributed by atoms with van der Waals surface area (Å²) in [6.45, 7) is 11.7. The maximum Gasteiger partial charge on any atom is 0.160 e. The van der Waals surface area contributed by atoms with E-state index in [2.05, 4.69) is 39.5 Å². The summed E-state index contributed by atoms with van der Waals surface area (Å²) in [5, 5.41) is 0. The lowest BCUT2D eigenvalue weighted by Gasteiger charge is -2.35. The lowest BCUT2D eigenvalue weighted by Crippen LogP contribution is -2.40. The Hall–Kier alpha value is -0.660. The van der Waals surface area contributed by atoms with Gasteiger partial charge in [-0.15, -0.1) is 0 Å². The van der Waals surface area contributed by atoms with E-state index in [1.165, 1.54) is 5.70 Å². The quantitative estimate of drug-likeness (QED) is 0.598. The van der Waals surface area contributed by atoms with Crippen LogP contribution >= 0.6 is 0 Å². The van der Waals surface area contributed by atoms with Crippen molar-refractivity contribution < 1.29 is 4.74 Å². The highest BCUT2D eigenvalue weighted by Crippen LogP contribution is 2.28. The van der Waals surface area contributed by atoms with Crippen molar-refractivity contribution >= 4 is 0 Å². The van der Waals surface area contributed by atoms with Crippen LogP contribution in [0.5, 0.6) is 0 Å². The molecular formula is C10H19NO. The van der Waals surface area contributed by atoms with Crippen molar-refractivity contribution in [2.24, 2.45) is 5.92 Å². The molecule has 0 N–H and O–H groups in total. The lowest BCUT2D eigenvalue weighted by atomic mass is 10.0. The molecule has 0 saturated heterocycles. The van der Waals surface area contributed by atoms with Gasteiger partial charge in [-0.2, -0.15) is 0 Å². The van der Waals surface area contributed by atoms with Crippen molar-refractivity contribution in [2.45, 2.75) is 40.2 Å². The predicted molar refractivity (Wildman–Crippen MR) is 50.5 cm³/mol. The summed E-state index contributed by atoms with van der Waals surface area (Å²) < 4.78 is 5.32. The number of hydrogen-bond acceptors (Lipinski definition) is 2. The molecule has 0 fully saturated rings. The molecule has 1 aliphatic heterocycles. The molecule has 0 aromatic heterocycles. The first-order valence-electron chi connectivity index (χ1n) is 4.52. The zero-order chi connectivity index (χ0) is 9.35. The molecule has 0 aromatic carbocycles. The zero-order valence-corrected chi connectivity index (χ0v) is 8.72. The Kier molecular flexibility index (Phi) is 2.36. The second-order valence-electron chi connectivity index (χ2n) is 4.59. The largest absolute Gasteiger partial charge is 0.479 e. The van der Waals surface area contributed by atoms with Crippen LogP contribution in [0.4, 0.5) is 0 Å². The van der Waals surface area contributed by atoms with Gasteiger partial charge in [-0.25, -0.2) is 0 Å². The third-order valence-corrected chi connectivity index (χ3v) is 2.12. The highest BCUT2D eigenvalue weighted by atomic mass is 16.5. The van der Waals surface area contributed by atoms with Crippen LogP contribution in [0.25, 0.3) is 0 Å². The summed E-state index contributed by atoms with van der Waals surface area (Å²) in [5.41, 5.74) is 1.48. The van der Waals surface area contributed by atoms with Gasteiger partial charge in [-0.1, -0.05) is 13.8 Å². The van der Waals surface area contributed by atoms with Gasteiger partial charge in [0.2, 0.25) is 0 Å². The molecule has 0 atom stereocenters. The molecule has 0 saturated carbocycles. The molecular weight excluding hydrogens is 150 g/mol. The third kappa shape index (κ3) is 1.74. The smallest absolute Gasteiger partial charge is 0.160 e. The van der Waals surface area contributed by atoms with Crippen LogP contribution in [0, 0.1) is 5.92 Å². The second-order valence-corrected chi connectivity index (χ2v) is 4.59. The number of nitrogens with zero attached hydrogens (tertiary/aromatic N) is 1. The number of rotatable bonds is 1. The molecule has 0 unspecified atom stereocenters. The highest BCUT2D eigenvalue weighted by molar-refractivity contribution is 5.07. The molecule has 0 aromatic rings. The Balaban J connectivity index is 2.75. The minimum Gasteiger partial charge on any atom is -0.479 e. The van der Waals surface area contributed by atoms with Crippen LogP contribution in [0.2, 0.25) is 0 Å². The molecule has 0 amide bonds. The standard InChI is InChI=1S/C10H19NO/c1-8(2)9-6-12-7-11(9)10(3,4)5/h6,8H,7H2,1-5H3. The summed E-state index contributed by atoms with van der Waals surface area (Å²) >= 11 is 0. The van der Waals surface area contributed by atoms with Gasteiger partial charge in [0.15, 0.2) is 6.73 Å². The van der Waals surface area contributed by atoms with E-state index in [0.29, 0.717) is 12.6 Å². The van der Waals surface area contributed by atoms with Crippen molar-refractivity contribution in [3.05, 3.63) is 12.0 Å².